The molecule has 0 saturated carbocycles. The van der Waals surface area contributed by atoms with Crippen LogP contribution in [-0.2, 0) is 4.74 Å². The predicted octanol–water partition coefficient (Wildman–Crippen LogP) is 4.61. The summed E-state index contributed by atoms with van der Waals surface area (Å²) in [6.07, 6.45) is -1.91. The lowest BCUT2D eigenvalue weighted by Crippen LogP contribution is -2.24. The number of hydrogen-bond donors (Lipinski definition) is 0. The lowest BCUT2D eigenvalue weighted by Gasteiger charge is -2.24. The Labute approximate surface area is 121 Å². The van der Waals surface area contributed by atoms with E-state index in [2.05, 4.69) is 0 Å². The second-order valence-electron chi connectivity index (χ2n) is 5.04. The Morgan fingerprint density at radius 3 is 2.43 bits per heavy atom. The molecule has 1 aromatic rings. The molecule has 0 heterocycles. The molecule has 1 unspecified atom stereocenters. The maximum absolute atomic E-state index is 12.6. The van der Waals surface area contributed by atoms with Crippen LogP contribution in [0.5, 0.6) is 0 Å². The molecule has 1 aromatic carbocycles. The van der Waals surface area contributed by atoms with E-state index in [4.69, 9.17) is 4.74 Å². The van der Waals surface area contributed by atoms with Gasteiger partial charge in [0, 0.05) is 0 Å². The summed E-state index contributed by atoms with van der Waals surface area (Å²) in [6, 6.07) is 6.80. The number of benzene rings is 1. The first-order valence-corrected chi connectivity index (χ1v) is 6.95. The minimum atomic E-state index is -4.12. The molecule has 5 heteroatoms. The Kier molecular flexibility index (Phi) is 4.70. The number of halogens is 3. The number of rotatable bonds is 3. The van der Waals surface area contributed by atoms with Gasteiger partial charge in [-0.3, -0.25) is 0 Å². The highest BCUT2D eigenvalue weighted by atomic mass is 19.4. The van der Waals surface area contributed by atoms with Gasteiger partial charge in [0.05, 0.1) is 18.1 Å². The molecular formula is C16H17F3O2. The summed E-state index contributed by atoms with van der Waals surface area (Å²) < 4.78 is 42.7. The van der Waals surface area contributed by atoms with E-state index in [1.807, 2.05) is 0 Å². The van der Waals surface area contributed by atoms with E-state index in [-0.39, 0.29) is 18.8 Å². The van der Waals surface area contributed by atoms with E-state index in [1.165, 1.54) is 0 Å². The zero-order valence-corrected chi connectivity index (χ0v) is 11.7. The lowest BCUT2D eigenvalue weighted by atomic mass is 9.86. The lowest BCUT2D eigenvalue weighted by molar-refractivity contribution is -0.175. The van der Waals surface area contributed by atoms with Gasteiger partial charge in [0.1, 0.15) is 0 Å². The fourth-order valence-electron chi connectivity index (χ4n) is 2.43. The highest BCUT2D eigenvalue weighted by Gasteiger charge is 2.39. The first-order valence-electron chi connectivity index (χ1n) is 6.95. The van der Waals surface area contributed by atoms with Crippen LogP contribution in [0.25, 0.3) is 5.57 Å². The Hall–Kier alpha value is -1.78. The van der Waals surface area contributed by atoms with Crippen molar-refractivity contribution in [2.45, 2.75) is 32.4 Å². The molecule has 0 N–H and O–H groups in total. The maximum Gasteiger partial charge on any atom is 0.392 e. The number of alkyl halides is 3. The van der Waals surface area contributed by atoms with Crippen LogP contribution in [0.3, 0.4) is 0 Å². The zero-order chi connectivity index (χ0) is 15.5. The van der Waals surface area contributed by atoms with Crippen LogP contribution in [0.1, 0.15) is 42.1 Å². The molecule has 0 bridgehead atoms. The summed E-state index contributed by atoms with van der Waals surface area (Å²) in [5.74, 6) is -1.63. The summed E-state index contributed by atoms with van der Waals surface area (Å²) >= 11 is 0. The van der Waals surface area contributed by atoms with Gasteiger partial charge >= 0.3 is 12.1 Å². The van der Waals surface area contributed by atoms with Crippen molar-refractivity contribution in [3.05, 3.63) is 41.5 Å². The van der Waals surface area contributed by atoms with Crippen molar-refractivity contribution in [3.8, 4) is 0 Å². The molecule has 0 aromatic heterocycles. The van der Waals surface area contributed by atoms with Crippen LogP contribution in [0, 0.1) is 5.92 Å². The van der Waals surface area contributed by atoms with Crippen molar-refractivity contribution in [3.63, 3.8) is 0 Å². The minimum Gasteiger partial charge on any atom is -0.462 e. The smallest absolute Gasteiger partial charge is 0.392 e. The molecule has 0 radical (unpaired) electrons. The standard InChI is InChI=1S/C16H17F3O2/c1-2-21-15(20)13-5-3-11(4-6-13)12-7-9-14(10-8-12)16(17,18)19/h3-7,14H,2,8-10H2,1H3. The minimum absolute atomic E-state index is 0.0263. The monoisotopic (exact) mass is 298 g/mol. The van der Waals surface area contributed by atoms with Crippen molar-refractivity contribution in [2.24, 2.45) is 5.92 Å². The van der Waals surface area contributed by atoms with Crippen LogP contribution in [0.4, 0.5) is 13.2 Å². The highest BCUT2D eigenvalue weighted by Crippen LogP contribution is 2.39. The zero-order valence-electron chi connectivity index (χ0n) is 11.7. The molecule has 0 amide bonds. The van der Waals surface area contributed by atoms with Gasteiger partial charge in [-0.1, -0.05) is 18.2 Å². The molecule has 0 fully saturated rings. The van der Waals surface area contributed by atoms with Gasteiger partial charge in [-0.05, 0) is 49.5 Å². The molecule has 21 heavy (non-hydrogen) atoms. The third kappa shape index (κ3) is 3.86. The normalized spacial score (nSPS) is 19.0. The Bertz CT molecular complexity index is 529. The molecule has 1 aliphatic rings. The van der Waals surface area contributed by atoms with E-state index < -0.39 is 12.1 Å². The summed E-state index contributed by atoms with van der Waals surface area (Å²) in [5.41, 5.74) is 2.22. The van der Waals surface area contributed by atoms with Crippen molar-refractivity contribution < 1.29 is 22.7 Å². The van der Waals surface area contributed by atoms with E-state index in [1.54, 1.807) is 37.3 Å². The van der Waals surface area contributed by atoms with Gasteiger partial charge in [-0.25, -0.2) is 4.79 Å². The van der Waals surface area contributed by atoms with E-state index in [9.17, 15) is 18.0 Å². The number of carbonyl (C=O) groups is 1. The Morgan fingerprint density at radius 2 is 1.95 bits per heavy atom. The average molecular weight is 298 g/mol. The van der Waals surface area contributed by atoms with Gasteiger partial charge < -0.3 is 4.74 Å². The third-order valence-corrected chi connectivity index (χ3v) is 3.64. The summed E-state index contributed by atoms with van der Waals surface area (Å²) in [6.45, 7) is 2.04. The fraction of sp³-hybridized carbons (Fsp3) is 0.438. The van der Waals surface area contributed by atoms with Crippen LogP contribution >= 0.6 is 0 Å². The number of allylic oxidation sites excluding steroid dienone is 2. The van der Waals surface area contributed by atoms with Crippen molar-refractivity contribution in [2.75, 3.05) is 6.61 Å². The third-order valence-electron chi connectivity index (χ3n) is 3.64. The number of esters is 1. The Morgan fingerprint density at radius 1 is 1.29 bits per heavy atom. The number of carbonyl (C=O) groups excluding carboxylic acids is 1. The molecule has 1 atom stereocenters. The SMILES string of the molecule is CCOC(=O)c1ccc(C2=CCC(C(F)(F)F)CC2)cc1. The van der Waals surface area contributed by atoms with E-state index in [0.29, 0.717) is 18.6 Å². The molecule has 0 aliphatic heterocycles. The summed E-state index contributed by atoms with van der Waals surface area (Å²) in [7, 11) is 0. The van der Waals surface area contributed by atoms with Gasteiger partial charge in [-0.15, -0.1) is 0 Å². The molecule has 114 valence electrons. The molecule has 0 spiro atoms. The van der Waals surface area contributed by atoms with Crippen LogP contribution < -0.4 is 0 Å². The topological polar surface area (TPSA) is 26.3 Å². The van der Waals surface area contributed by atoms with Gasteiger partial charge in [0.15, 0.2) is 0 Å². The van der Waals surface area contributed by atoms with Crippen molar-refractivity contribution in [1.29, 1.82) is 0 Å². The van der Waals surface area contributed by atoms with Crippen molar-refractivity contribution >= 4 is 11.5 Å². The molecule has 2 nitrogen and oxygen atoms in total. The van der Waals surface area contributed by atoms with Crippen LogP contribution in [0.2, 0.25) is 0 Å². The average Bonchev–Trinajstić information content (AvgIpc) is 2.47. The Balaban J connectivity index is 2.07. The van der Waals surface area contributed by atoms with E-state index >= 15 is 0 Å². The first kappa shape index (κ1) is 15.6. The summed E-state index contributed by atoms with van der Waals surface area (Å²) in [4.78, 5) is 11.5. The maximum atomic E-state index is 12.6. The largest absolute Gasteiger partial charge is 0.462 e. The van der Waals surface area contributed by atoms with Crippen LogP contribution in [-0.4, -0.2) is 18.8 Å². The molecule has 1 aliphatic carbocycles. The van der Waals surface area contributed by atoms with Gasteiger partial charge in [-0.2, -0.15) is 13.2 Å². The number of hydrogen-bond acceptors (Lipinski definition) is 2. The molecular weight excluding hydrogens is 281 g/mol. The van der Waals surface area contributed by atoms with Gasteiger partial charge in [0.2, 0.25) is 0 Å². The number of ether oxygens (including phenoxy) is 1. The highest BCUT2D eigenvalue weighted by molar-refractivity contribution is 5.89. The first-order chi connectivity index (χ1) is 9.91. The van der Waals surface area contributed by atoms with E-state index in [0.717, 1.165) is 11.1 Å². The second kappa shape index (κ2) is 6.33. The van der Waals surface area contributed by atoms with Gasteiger partial charge in [0.25, 0.3) is 0 Å². The molecule has 2 rings (SSSR count). The fourth-order valence-corrected chi connectivity index (χ4v) is 2.43. The van der Waals surface area contributed by atoms with Crippen LogP contribution in [0.15, 0.2) is 30.3 Å². The summed E-state index contributed by atoms with van der Waals surface area (Å²) in [5, 5.41) is 0. The van der Waals surface area contributed by atoms with Crippen molar-refractivity contribution in [1.82, 2.24) is 0 Å². The predicted molar refractivity (Wildman–Crippen MR) is 73.8 cm³/mol. The quantitative estimate of drug-likeness (QED) is 0.762. The molecule has 0 saturated heterocycles. The second-order valence-corrected chi connectivity index (χ2v) is 5.04.